The zero-order valence-corrected chi connectivity index (χ0v) is 58.3. The molecule has 3 aromatic carbocycles. The van der Waals surface area contributed by atoms with E-state index >= 15 is 0 Å². The molecular weight excluding hydrogens is 1370 g/mol. The molecule has 12 heterocycles. The second kappa shape index (κ2) is 31.4. The predicted molar refractivity (Wildman–Crippen MR) is 405 cm³/mol. The van der Waals surface area contributed by atoms with Gasteiger partial charge < -0.3 is 42.5 Å². The third kappa shape index (κ3) is 15.3. The van der Waals surface area contributed by atoms with Crippen LogP contribution in [0.4, 0.5) is 34.2 Å². The van der Waals surface area contributed by atoms with Gasteiger partial charge in [0.1, 0.15) is 65.2 Å². The molecule has 3 atom stereocenters. The Bertz CT molecular complexity index is 5450. The van der Waals surface area contributed by atoms with Crippen LogP contribution in [0, 0.1) is 32.6 Å². The van der Waals surface area contributed by atoms with E-state index in [1.54, 1.807) is 88.7 Å². The molecule has 3 fully saturated rings. The van der Waals surface area contributed by atoms with Gasteiger partial charge in [0.2, 0.25) is 11.8 Å². The van der Waals surface area contributed by atoms with E-state index < -0.39 is 0 Å². The van der Waals surface area contributed by atoms with Crippen LogP contribution in [0.3, 0.4) is 0 Å². The van der Waals surface area contributed by atoms with Gasteiger partial charge in [-0.2, -0.15) is 15.3 Å². The van der Waals surface area contributed by atoms with Gasteiger partial charge in [0.25, 0.3) is 23.6 Å². The number of rotatable bonds is 14. The van der Waals surface area contributed by atoms with Gasteiger partial charge in [-0.3, -0.25) is 34.1 Å². The molecule has 3 aliphatic rings. The summed E-state index contributed by atoms with van der Waals surface area (Å²) < 4.78 is 5.47. The first-order valence-electron chi connectivity index (χ1n) is 33.4. The number of pyridine rings is 2. The molecule has 0 radical (unpaired) electrons. The second-order valence-corrected chi connectivity index (χ2v) is 26.2. The summed E-state index contributed by atoms with van der Waals surface area (Å²) in [6.45, 7) is 17.9. The van der Waals surface area contributed by atoms with Crippen molar-refractivity contribution >= 4 is 114 Å². The normalized spacial score (nSPS) is 15.1. The van der Waals surface area contributed by atoms with E-state index in [9.17, 15) is 28.8 Å². The van der Waals surface area contributed by atoms with Crippen LogP contribution in [-0.4, -0.2) is 164 Å². The first-order valence-corrected chi connectivity index (χ1v) is 34.2. The number of hydrogen-bond acceptors (Lipinski definition) is 22. The van der Waals surface area contributed by atoms with Crippen LogP contribution in [0.25, 0.3) is 66.9 Å². The lowest BCUT2D eigenvalue weighted by atomic mass is 10.1. The number of aromatic nitrogens is 15. The lowest BCUT2D eigenvalue weighted by molar-refractivity contribution is -0.125. The highest BCUT2D eigenvalue weighted by atomic mass is 32.1. The summed E-state index contributed by atoms with van der Waals surface area (Å²) in [7, 11) is 0. The van der Waals surface area contributed by atoms with Gasteiger partial charge in [-0.25, -0.2) is 58.9 Å². The van der Waals surface area contributed by atoms with E-state index in [1.807, 2.05) is 83.3 Å². The van der Waals surface area contributed by atoms with Crippen molar-refractivity contribution in [2.75, 3.05) is 72.4 Å². The second-order valence-electron chi connectivity index (χ2n) is 25.0. The van der Waals surface area contributed by atoms with E-state index in [4.69, 9.17) is 32.5 Å². The molecule has 9 aromatic heterocycles. The number of amides is 6. The summed E-state index contributed by atoms with van der Waals surface area (Å²) in [6, 6.07) is 28.5. The zero-order chi connectivity index (χ0) is 73.6. The van der Waals surface area contributed by atoms with Crippen LogP contribution >= 0.6 is 11.3 Å². The number of benzene rings is 3. The largest absolute Gasteiger partial charge is 0.383 e. The third-order valence-electron chi connectivity index (χ3n) is 18.0. The molecule has 31 heteroatoms. The standard InChI is InChI=1S/C26H24N8O2.C25H24N8O2.C23H22N8O2S.CH4/c1-3-4-21(35)33-12-10-19(14-33)34-25-22(24(27)29-15-30-25)23(32-34)17-5-7-18(8-6-17)26(36)31-20-13-16(2)9-11-28-20;1-3-20(34)32-11-9-18(13-32)33-24-21(23(26)28-14-29-24)22(31-33)16-4-6-17(7-5-16)25(35)30-19-12-15(2)8-10-27-19;1-3-17(32)30-9-8-16(11-30)31-21-18(20(24)26-12-27-21)19(29-31)14-4-6-15(7-5-14)22(33)28-23-25-10-13(2)34-23;/h5-9,11,13,15,19H,10,12,14H2,1-2H3,(H2,27,29,30)(H,28,31,36);3-8,10,12,14,18H,1,9,11,13H2,2H3,(H2,26,28,29)(H,27,30,35);3-7,10,12,16H,1,8-9,11H2,2H3,(H2,24,26,27)(H,25,28,33);1H4. The first kappa shape index (κ1) is 72.3. The topological polar surface area (TPSA) is 396 Å². The molecule has 3 saturated heterocycles. The first-order chi connectivity index (χ1) is 50.8. The number of thiazole rings is 1. The lowest BCUT2D eigenvalue weighted by Gasteiger charge is -2.14. The molecule has 0 saturated carbocycles. The van der Waals surface area contributed by atoms with Crippen LogP contribution in [0.5, 0.6) is 0 Å². The molecule has 9 N–H and O–H groups in total. The van der Waals surface area contributed by atoms with Gasteiger partial charge in [0.15, 0.2) is 22.1 Å². The van der Waals surface area contributed by atoms with E-state index in [1.165, 1.54) is 42.5 Å². The van der Waals surface area contributed by atoms with Gasteiger partial charge in [-0.15, -0.1) is 11.3 Å². The Kier molecular flexibility index (Phi) is 21.4. The Hall–Kier alpha value is -13.5. The number of fused-ring (bicyclic) bond motifs is 3. The number of nitrogen functional groups attached to an aromatic ring is 3. The van der Waals surface area contributed by atoms with Crippen LogP contribution in [-0.2, 0) is 14.4 Å². The molecule has 0 aliphatic carbocycles. The number of nitrogens with zero attached hydrogens (tertiary/aromatic N) is 18. The maximum atomic E-state index is 12.7. The number of nitrogens with two attached hydrogens (primary N) is 3. The number of carbonyl (C=O) groups excluding carboxylic acids is 6. The fourth-order valence-corrected chi connectivity index (χ4v) is 13.4. The minimum absolute atomic E-state index is 0. The number of carbonyl (C=O) groups is 6. The van der Waals surface area contributed by atoms with Crippen molar-refractivity contribution in [3.8, 4) is 45.6 Å². The minimum Gasteiger partial charge on any atom is -0.383 e. The average Bonchev–Trinajstić information content (AvgIpc) is 1.62. The molecule has 536 valence electrons. The van der Waals surface area contributed by atoms with Crippen molar-refractivity contribution in [3.63, 3.8) is 0 Å². The Morgan fingerprint density at radius 3 is 1.19 bits per heavy atom. The number of hydrogen-bond donors (Lipinski definition) is 6. The Balaban J connectivity index is 0.000000148. The molecule has 0 spiro atoms. The predicted octanol–water partition coefficient (Wildman–Crippen LogP) is 9.51. The third-order valence-corrected chi connectivity index (χ3v) is 18.8. The molecule has 0 bridgehead atoms. The number of likely N-dealkylation sites (tertiary alicyclic amines) is 3. The molecule has 3 aliphatic heterocycles. The fourth-order valence-electron chi connectivity index (χ4n) is 12.7. The van der Waals surface area contributed by atoms with Gasteiger partial charge in [0, 0.05) is 96.1 Å². The smallest absolute Gasteiger partial charge is 0.298 e. The van der Waals surface area contributed by atoms with E-state index in [2.05, 4.69) is 85.8 Å². The SMILES string of the molecule is C.C=CC(=O)N1CCC(n2nc(-c3ccc(C(=O)Nc4cc(C)ccn4)cc3)c3c(N)ncnc32)C1.C=CC(=O)N1CCC(n2nc(-c3ccc(C(=O)Nc4ncc(C)s4)cc3)c3c(N)ncnc32)C1.CC#CC(=O)N1CCC(n2nc(-c3ccc(C(=O)Nc4cc(C)ccn4)cc3)c3c(N)ncnc32)C1. The summed E-state index contributed by atoms with van der Waals surface area (Å²) in [6.07, 6.45) is 14.1. The van der Waals surface area contributed by atoms with Crippen molar-refractivity contribution in [1.82, 2.24) is 88.9 Å². The molecule has 15 rings (SSSR count). The van der Waals surface area contributed by atoms with Gasteiger partial charge >= 0.3 is 0 Å². The van der Waals surface area contributed by atoms with E-state index in [-0.39, 0.29) is 61.0 Å². The zero-order valence-electron chi connectivity index (χ0n) is 57.5. The summed E-state index contributed by atoms with van der Waals surface area (Å²) in [4.78, 5) is 119. The maximum absolute atomic E-state index is 12.7. The summed E-state index contributed by atoms with van der Waals surface area (Å²) in [5.41, 5.74) is 28.2. The number of aryl methyl sites for hydroxylation is 3. The van der Waals surface area contributed by atoms with Crippen molar-refractivity contribution in [2.24, 2.45) is 0 Å². The van der Waals surface area contributed by atoms with Crippen LogP contribution in [0.15, 0.2) is 160 Å². The van der Waals surface area contributed by atoms with Gasteiger partial charge in [-0.05, 0) is 137 Å². The fraction of sp³-hybridized carbons (Fsp3) is 0.227. The maximum Gasteiger partial charge on any atom is 0.298 e. The van der Waals surface area contributed by atoms with E-state index in [0.29, 0.717) is 140 Å². The Labute approximate surface area is 611 Å². The summed E-state index contributed by atoms with van der Waals surface area (Å²) in [5.74, 6) is 6.04. The Morgan fingerprint density at radius 1 is 0.491 bits per heavy atom. The quantitative estimate of drug-likeness (QED) is 0.0435. The van der Waals surface area contributed by atoms with Gasteiger partial charge in [-0.1, -0.05) is 62.9 Å². The molecule has 12 aromatic rings. The average molecular weight is 1440 g/mol. The Morgan fingerprint density at radius 2 is 0.849 bits per heavy atom. The molecule has 6 amide bonds. The van der Waals surface area contributed by atoms with Crippen molar-refractivity contribution in [3.05, 3.63) is 193 Å². The number of nitrogens with one attached hydrogen (secondary N) is 3. The highest BCUT2D eigenvalue weighted by Crippen LogP contribution is 2.38. The molecule has 3 unspecified atom stereocenters. The highest BCUT2D eigenvalue weighted by Gasteiger charge is 2.34. The summed E-state index contributed by atoms with van der Waals surface area (Å²) in [5, 5.41) is 25.4. The van der Waals surface area contributed by atoms with Crippen LogP contribution < -0.4 is 33.2 Å². The van der Waals surface area contributed by atoms with Crippen LogP contribution in [0.1, 0.15) is 98.8 Å². The van der Waals surface area contributed by atoms with E-state index in [0.717, 1.165) is 52.0 Å². The molecule has 106 heavy (non-hydrogen) atoms. The van der Waals surface area contributed by atoms with Crippen LogP contribution in [0.2, 0.25) is 0 Å². The van der Waals surface area contributed by atoms with Crippen molar-refractivity contribution in [1.29, 1.82) is 0 Å². The monoisotopic (exact) mass is 1440 g/mol. The van der Waals surface area contributed by atoms with Crippen molar-refractivity contribution in [2.45, 2.75) is 72.5 Å². The minimum atomic E-state index is -0.260. The van der Waals surface area contributed by atoms with Crippen molar-refractivity contribution < 1.29 is 28.8 Å². The number of anilines is 6. The summed E-state index contributed by atoms with van der Waals surface area (Å²) >= 11 is 1.42. The molecular formula is C75H74N24O6S. The molecule has 30 nitrogen and oxygen atoms in total. The highest BCUT2D eigenvalue weighted by molar-refractivity contribution is 7.15. The van der Waals surface area contributed by atoms with Gasteiger partial charge in [0.05, 0.1) is 34.3 Å². The lowest BCUT2D eigenvalue weighted by Crippen LogP contribution is -2.28.